The van der Waals surface area contributed by atoms with E-state index in [1.807, 2.05) is 0 Å². The molecule has 0 amide bonds. The fourth-order valence-corrected chi connectivity index (χ4v) is 2.99. The maximum absolute atomic E-state index is 5.41. The molecule has 2 aromatic rings. The van der Waals surface area contributed by atoms with E-state index in [-0.39, 0.29) is 0 Å². The summed E-state index contributed by atoms with van der Waals surface area (Å²) in [4.78, 5) is 8.16. The normalized spacial score (nSPS) is 16.6. The van der Waals surface area contributed by atoms with Crippen LogP contribution in [0.5, 0.6) is 0 Å². The third-order valence-electron chi connectivity index (χ3n) is 3.19. The standard InChI is InChI=1S/C12H18N4OS/c1-2-13-9-10-11(15-3-6-17-7-4-15)14-12-16(10)5-8-18-12/h5,8,13H,2-4,6-7,9H2,1H3. The lowest BCUT2D eigenvalue weighted by Gasteiger charge is -2.27. The summed E-state index contributed by atoms with van der Waals surface area (Å²) in [7, 11) is 0. The van der Waals surface area contributed by atoms with Gasteiger partial charge in [0.2, 0.25) is 0 Å². The van der Waals surface area contributed by atoms with Gasteiger partial charge in [-0.25, -0.2) is 4.98 Å². The Morgan fingerprint density at radius 3 is 3.06 bits per heavy atom. The predicted molar refractivity (Wildman–Crippen MR) is 73.5 cm³/mol. The van der Waals surface area contributed by atoms with Gasteiger partial charge in [-0.15, -0.1) is 11.3 Å². The second kappa shape index (κ2) is 5.26. The molecule has 0 unspecified atom stereocenters. The molecule has 6 heteroatoms. The molecule has 0 saturated carbocycles. The Morgan fingerprint density at radius 1 is 1.44 bits per heavy atom. The Bertz CT molecular complexity index is 515. The quantitative estimate of drug-likeness (QED) is 0.907. The van der Waals surface area contributed by atoms with Crippen LogP contribution < -0.4 is 10.2 Å². The Balaban J connectivity index is 1.95. The molecule has 1 N–H and O–H groups in total. The largest absolute Gasteiger partial charge is 0.378 e. The molecular weight excluding hydrogens is 248 g/mol. The summed E-state index contributed by atoms with van der Waals surface area (Å²) in [5.74, 6) is 1.12. The Kier molecular flexibility index (Phi) is 3.49. The molecule has 1 fully saturated rings. The van der Waals surface area contributed by atoms with E-state index in [0.717, 1.165) is 50.2 Å². The number of hydrogen-bond acceptors (Lipinski definition) is 5. The van der Waals surface area contributed by atoms with Gasteiger partial charge >= 0.3 is 0 Å². The van der Waals surface area contributed by atoms with Gasteiger partial charge < -0.3 is 15.0 Å². The monoisotopic (exact) mass is 266 g/mol. The minimum atomic E-state index is 0.797. The molecule has 0 radical (unpaired) electrons. The summed E-state index contributed by atoms with van der Waals surface area (Å²) in [6, 6.07) is 0. The van der Waals surface area contributed by atoms with Crippen LogP contribution in [0.15, 0.2) is 11.6 Å². The molecule has 3 rings (SSSR count). The van der Waals surface area contributed by atoms with Crippen molar-refractivity contribution in [1.82, 2.24) is 14.7 Å². The van der Waals surface area contributed by atoms with Crippen molar-refractivity contribution in [2.24, 2.45) is 0 Å². The molecule has 0 aromatic carbocycles. The van der Waals surface area contributed by atoms with Gasteiger partial charge in [-0.1, -0.05) is 6.92 Å². The Hall–Kier alpha value is -1.11. The van der Waals surface area contributed by atoms with Crippen LogP contribution in [0.4, 0.5) is 5.82 Å². The van der Waals surface area contributed by atoms with Crippen LogP contribution in [0.25, 0.3) is 4.96 Å². The zero-order valence-electron chi connectivity index (χ0n) is 10.6. The zero-order chi connectivity index (χ0) is 12.4. The van der Waals surface area contributed by atoms with Gasteiger partial charge in [0.25, 0.3) is 0 Å². The number of hydrogen-bond donors (Lipinski definition) is 1. The van der Waals surface area contributed by atoms with Crippen LogP contribution >= 0.6 is 11.3 Å². The molecule has 0 bridgehead atoms. The maximum atomic E-state index is 5.41. The van der Waals surface area contributed by atoms with Crippen molar-refractivity contribution < 1.29 is 4.74 Å². The predicted octanol–water partition coefficient (Wildman–Crippen LogP) is 1.34. The summed E-state index contributed by atoms with van der Waals surface area (Å²) < 4.78 is 7.60. The average molecular weight is 266 g/mol. The molecule has 2 aromatic heterocycles. The molecule has 5 nitrogen and oxygen atoms in total. The van der Waals surface area contributed by atoms with Crippen LogP contribution in [0, 0.1) is 0 Å². The van der Waals surface area contributed by atoms with Crippen molar-refractivity contribution in [3.8, 4) is 0 Å². The molecule has 98 valence electrons. The topological polar surface area (TPSA) is 41.8 Å². The molecule has 1 aliphatic rings. The summed E-state index contributed by atoms with van der Waals surface area (Å²) >= 11 is 1.69. The van der Waals surface area contributed by atoms with Crippen LogP contribution in [-0.2, 0) is 11.3 Å². The number of anilines is 1. The Labute approximate surface area is 110 Å². The maximum Gasteiger partial charge on any atom is 0.195 e. The zero-order valence-corrected chi connectivity index (χ0v) is 11.4. The van der Waals surface area contributed by atoms with Crippen LogP contribution in [0.3, 0.4) is 0 Å². The first-order valence-corrected chi connectivity index (χ1v) is 7.26. The van der Waals surface area contributed by atoms with Crippen LogP contribution in [0.1, 0.15) is 12.6 Å². The molecule has 1 aliphatic heterocycles. The average Bonchev–Trinajstić information content (AvgIpc) is 2.98. The SMILES string of the molecule is CCNCc1c(N2CCOCC2)nc2sccn12. The number of nitrogens with one attached hydrogen (secondary N) is 1. The fourth-order valence-electron chi connectivity index (χ4n) is 2.26. The number of thiazole rings is 1. The van der Waals surface area contributed by atoms with E-state index in [9.17, 15) is 0 Å². The van der Waals surface area contributed by atoms with E-state index in [4.69, 9.17) is 9.72 Å². The number of aromatic nitrogens is 2. The smallest absolute Gasteiger partial charge is 0.195 e. The fraction of sp³-hybridized carbons (Fsp3) is 0.583. The first-order chi connectivity index (χ1) is 8.90. The molecule has 18 heavy (non-hydrogen) atoms. The molecular formula is C12H18N4OS. The highest BCUT2D eigenvalue weighted by Gasteiger charge is 2.20. The highest BCUT2D eigenvalue weighted by molar-refractivity contribution is 7.15. The molecule has 0 spiro atoms. The van der Waals surface area contributed by atoms with Crippen LogP contribution in [-0.4, -0.2) is 42.2 Å². The number of rotatable bonds is 4. The van der Waals surface area contributed by atoms with Crippen molar-refractivity contribution in [1.29, 1.82) is 0 Å². The van der Waals surface area contributed by atoms with Gasteiger partial charge in [0, 0.05) is 31.2 Å². The van der Waals surface area contributed by atoms with E-state index in [1.54, 1.807) is 11.3 Å². The van der Waals surface area contributed by atoms with Gasteiger partial charge in [-0.3, -0.25) is 4.40 Å². The van der Waals surface area contributed by atoms with Gasteiger partial charge in [-0.05, 0) is 6.54 Å². The summed E-state index contributed by atoms with van der Waals surface area (Å²) in [5, 5.41) is 5.48. The third-order valence-corrected chi connectivity index (χ3v) is 3.95. The Morgan fingerprint density at radius 2 is 2.28 bits per heavy atom. The summed E-state index contributed by atoms with van der Waals surface area (Å²) in [6.45, 7) is 7.42. The number of morpholine rings is 1. The van der Waals surface area contributed by atoms with Crippen molar-refractivity contribution in [3.05, 3.63) is 17.3 Å². The highest BCUT2D eigenvalue weighted by atomic mass is 32.1. The molecule has 0 aliphatic carbocycles. The lowest BCUT2D eigenvalue weighted by atomic mass is 10.3. The van der Waals surface area contributed by atoms with Gasteiger partial charge in [0.1, 0.15) is 0 Å². The molecule has 1 saturated heterocycles. The first kappa shape index (κ1) is 12.0. The van der Waals surface area contributed by atoms with Crippen molar-refractivity contribution in [2.45, 2.75) is 13.5 Å². The van der Waals surface area contributed by atoms with E-state index >= 15 is 0 Å². The third kappa shape index (κ3) is 2.11. The molecule has 0 atom stereocenters. The van der Waals surface area contributed by atoms with Gasteiger partial charge in [0.05, 0.1) is 18.9 Å². The summed E-state index contributed by atoms with van der Waals surface area (Å²) in [6.07, 6.45) is 2.10. The van der Waals surface area contributed by atoms with Crippen molar-refractivity contribution in [3.63, 3.8) is 0 Å². The highest BCUT2D eigenvalue weighted by Crippen LogP contribution is 2.25. The van der Waals surface area contributed by atoms with E-state index in [0.29, 0.717) is 0 Å². The first-order valence-electron chi connectivity index (χ1n) is 6.38. The number of ether oxygens (including phenoxy) is 1. The number of fused-ring (bicyclic) bond motifs is 1. The lowest BCUT2D eigenvalue weighted by molar-refractivity contribution is 0.122. The second-order valence-electron chi connectivity index (χ2n) is 4.32. The van der Waals surface area contributed by atoms with Crippen LogP contribution in [0.2, 0.25) is 0 Å². The molecule has 3 heterocycles. The van der Waals surface area contributed by atoms with E-state index < -0.39 is 0 Å². The van der Waals surface area contributed by atoms with E-state index in [2.05, 4.69) is 33.1 Å². The number of imidazole rings is 1. The minimum absolute atomic E-state index is 0.797. The minimum Gasteiger partial charge on any atom is -0.378 e. The van der Waals surface area contributed by atoms with Gasteiger partial charge in [0.15, 0.2) is 10.8 Å². The second-order valence-corrected chi connectivity index (χ2v) is 5.19. The van der Waals surface area contributed by atoms with Crippen molar-refractivity contribution in [2.75, 3.05) is 37.7 Å². The lowest BCUT2D eigenvalue weighted by Crippen LogP contribution is -2.37. The van der Waals surface area contributed by atoms with E-state index in [1.165, 1.54) is 5.69 Å². The van der Waals surface area contributed by atoms with Crippen molar-refractivity contribution >= 4 is 22.1 Å². The number of nitrogens with zero attached hydrogens (tertiary/aromatic N) is 3. The summed E-state index contributed by atoms with van der Waals surface area (Å²) in [5.41, 5.74) is 1.26. The van der Waals surface area contributed by atoms with Gasteiger partial charge in [-0.2, -0.15) is 0 Å².